The Balaban J connectivity index is 2.51. The Morgan fingerprint density at radius 3 is 2.67 bits per heavy atom. The largest absolute Gasteiger partial charge is 0.506 e. The first kappa shape index (κ1) is 8.08. The smallest absolute Gasteiger partial charge is 0.134 e. The molecule has 1 aliphatic carbocycles. The number of phenolic OH excluding ortho intramolecular Hbond substituents is 1. The number of para-hydroxylation sites is 1. The Kier molecular flexibility index (Phi) is 1.66. The molecular weight excluding hydrogens is 218 g/mol. The fraction of sp³-hybridized carbons (Fsp3) is 0.333. The maximum Gasteiger partial charge on any atom is 0.134 e. The zero-order chi connectivity index (χ0) is 8.77. The predicted octanol–water partition coefficient (Wildman–Crippen LogP) is 2.10. The summed E-state index contributed by atoms with van der Waals surface area (Å²) in [5.74, 6) is 0.289. The van der Waals surface area contributed by atoms with E-state index in [0.717, 1.165) is 22.9 Å². The summed E-state index contributed by atoms with van der Waals surface area (Å²) in [6, 6.07) is 5.59. The molecule has 0 unspecified atom stereocenters. The number of benzene rings is 1. The third-order valence-corrected chi connectivity index (χ3v) is 2.95. The minimum atomic E-state index is -0.256. The van der Waals surface area contributed by atoms with Crippen LogP contribution in [0.1, 0.15) is 18.4 Å². The molecule has 0 spiro atoms. The van der Waals surface area contributed by atoms with Crippen LogP contribution < -0.4 is 5.73 Å². The summed E-state index contributed by atoms with van der Waals surface area (Å²) in [7, 11) is 0. The number of hydrogen-bond donors (Lipinski definition) is 2. The highest BCUT2D eigenvalue weighted by Crippen LogP contribution is 2.47. The molecule has 0 amide bonds. The van der Waals surface area contributed by atoms with E-state index in [9.17, 15) is 5.11 Å². The zero-order valence-corrected chi connectivity index (χ0v) is 8.13. The molecule has 3 N–H and O–H groups in total. The molecule has 2 nitrogen and oxygen atoms in total. The first-order valence-electron chi connectivity index (χ1n) is 3.90. The van der Waals surface area contributed by atoms with Gasteiger partial charge in [0.2, 0.25) is 0 Å². The topological polar surface area (TPSA) is 46.2 Å². The van der Waals surface area contributed by atoms with Crippen LogP contribution in [0.15, 0.2) is 22.7 Å². The maximum atomic E-state index is 9.65. The lowest BCUT2D eigenvalue weighted by Crippen LogP contribution is -2.18. The number of phenols is 1. The van der Waals surface area contributed by atoms with Crippen molar-refractivity contribution in [3.05, 3.63) is 28.2 Å². The Morgan fingerprint density at radius 1 is 1.42 bits per heavy atom. The van der Waals surface area contributed by atoms with Gasteiger partial charge in [0, 0.05) is 11.1 Å². The van der Waals surface area contributed by atoms with E-state index in [0.29, 0.717) is 0 Å². The van der Waals surface area contributed by atoms with Crippen LogP contribution in [0, 0.1) is 0 Å². The lowest BCUT2D eigenvalue weighted by atomic mass is 10.1. The van der Waals surface area contributed by atoms with Crippen LogP contribution >= 0.6 is 15.9 Å². The van der Waals surface area contributed by atoms with E-state index >= 15 is 0 Å². The fourth-order valence-electron chi connectivity index (χ4n) is 1.32. The lowest BCUT2D eigenvalue weighted by Gasteiger charge is -2.11. The molecule has 0 bridgehead atoms. The minimum absolute atomic E-state index is 0.256. The number of aromatic hydroxyl groups is 1. The predicted molar refractivity (Wildman–Crippen MR) is 50.9 cm³/mol. The van der Waals surface area contributed by atoms with Crippen LogP contribution in [0.3, 0.4) is 0 Å². The van der Waals surface area contributed by atoms with E-state index in [2.05, 4.69) is 15.9 Å². The van der Waals surface area contributed by atoms with Gasteiger partial charge in [-0.1, -0.05) is 12.1 Å². The highest BCUT2D eigenvalue weighted by atomic mass is 79.9. The lowest BCUT2D eigenvalue weighted by molar-refractivity contribution is 0.456. The first-order chi connectivity index (χ1) is 5.63. The third-order valence-electron chi connectivity index (χ3n) is 2.31. The fourth-order valence-corrected chi connectivity index (χ4v) is 1.69. The van der Waals surface area contributed by atoms with Crippen molar-refractivity contribution in [3.63, 3.8) is 0 Å². The molecule has 0 radical (unpaired) electrons. The SMILES string of the molecule is NC1(c2cccc(Br)c2O)CC1. The molecule has 12 heavy (non-hydrogen) atoms. The summed E-state index contributed by atoms with van der Waals surface area (Å²) in [6.07, 6.45) is 1.94. The molecule has 64 valence electrons. The first-order valence-corrected chi connectivity index (χ1v) is 4.70. The quantitative estimate of drug-likeness (QED) is 0.773. The number of halogens is 1. The highest BCUT2D eigenvalue weighted by Gasteiger charge is 2.42. The second-order valence-electron chi connectivity index (χ2n) is 3.29. The molecule has 0 aliphatic heterocycles. The van der Waals surface area contributed by atoms with Crippen LogP contribution in [-0.2, 0) is 5.54 Å². The average Bonchev–Trinajstić information content (AvgIpc) is 2.75. The highest BCUT2D eigenvalue weighted by molar-refractivity contribution is 9.10. The van der Waals surface area contributed by atoms with Crippen molar-refractivity contribution in [1.29, 1.82) is 0 Å². The standard InChI is InChI=1S/C9H10BrNO/c10-7-3-1-2-6(8(7)12)9(11)4-5-9/h1-3,12H,4-5,11H2. The second kappa shape index (κ2) is 2.47. The van der Waals surface area contributed by atoms with E-state index in [1.54, 1.807) is 0 Å². The van der Waals surface area contributed by atoms with Crippen LogP contribution in [0.5, 0.6) is 5.75 Å². The molecule has 1 aromatic carbocycles. The Morgan fingerprint density at radius 2 is 2.08 bits per heavy atom. The molecule has 2 rings (SSSR count). The molecule has 3 heteroatoms. The third kappa shape index (κ3) is 1.13. The van der Waals surface area contributed by atoms with Gasteiger partial charge >= 0.3 is 0 Å². The van der Waals surface area contributed by atoms with Gasteiger partial charge in [-0.15, -0.1) is 0 Å². The molecule has 1 saturated carbocycles. The molecule has 0 saturated heterocycles. The molecule has 1 fully saturated rings. The van der Waals surface area contributed by atoms with Crippen LogP contribution in [0.2, 0.25) is 0 Å². The van der Waals surface area contributed by atoms with Crippen molar-refractivity contribution in [3.8, 4) is 5.75 Å². The summed E-state index contributed by atoms with van der Waals surface area (Å²) in [6.45, 7) is 0. The Hall–Kier alpha value is -0.540. The van der Waals surface area contributed by atoms with Crippen molar-refractivity contribution in [2.24, 2.45) is 5.73 Å². The normalized spacial score (nSPS) is 19.2. The van der Waals surface area contributed by atoms with E-state index in [1.807, 2.05) is 18.2 Å². The van der Waals surface area contributed by atoms with Gasteiger partial charge in [-0.25, -0.2) is 0 Å². The summed E-state index contributed by atoms with van der Waals surface area (Å²) in [4.78, 5) is 0. The second-order valence-corrected chi connectivity index (χ2v) is 4.15. The van der Waals surface area contributed by atoms with Gasteiger partial charge in [0.1, 0.15) is 5.75 Å². The summed E-state index contributed by atoms with van der Waals surface area (Å²) >= 11 is 3.26. The van der Waals surface area contributed by atoms with Gasteiger partial charge in [-0.2, -0.15) is 0 Å². The molecule has 1 aliphatic rings. The van der Waals surface area contributed by atoms with Crippen molar-refractivity contribution in [2.45, 2.75) is 18.4 Å². The summed E-state index contributed by atoms with van der Waals surface area (Å²) < 4.78 is 0.719. The van der Waals surface area contributed by atoms with Gasteiger partial charge < -0.3 is 10.8 Å². The van der Waals surface area contributed by atoms with E-state index < -0.39 is 0 Å². The van der Waals surface area contributed by atoms with E-state index in [4.69, 9.17) is 5.73 Å². The average molecular weight is 228 g/mol. The molecule has 0 aromatic heterocycles. The van der Waals surface area contributed by atoms with Crippen LogP contribution in [0.4, 0.5) is 0 Å². The molecule has 1 aromatic rings. The molecule has 0 atom stereocenters. The van der Waals surface area contributed by atoms with Gasteiger partial charge in [-0.05, 0) is 34.8 Å². The van der Waals surface area contributed by atoms with Crippen molar-refractivity contribution in [2.75, 3.05) is 0 Å². The summed E-state index contributed by atoms with van der Waals surface area (Å²) in [5, 5.41) is 9.65. The van der Waals surface area contributed by atoms with E-state index in [1.165, 1.54) is 0 Å². The van der Waals surface area contributed by atoms with Gasteiger partial charge in [0.05, 0.1) is 4.47 Å². The molecule has 0 heterocycles. The van der Waals surface area contributed by atoms with Gasteiger partial charge in [-0.3, -0.25) is 0 Å². The number of nitrogens with two attached hydrogens (primary N) is 1. The van der Waals surface area contributed by atoms with Crippen LogP contribution in [-0.4, -0.2) is 5.11 Å². The van der Waals surface area contributed by atoms with Crippen molar-refractivity contribution >= 4 is 15.9 Å². The van der Waals surface area contributed by atoms with Crippen molar-refractivity contribution in [1.82, 2.24) is 0 Å². The van der Waals surface area contributed by atoms with E-state index in [-0.39, 0.29) is 11.3 Å². The monoisotopic (exact) mass is 227 g/mol. The Labute approximate surface area is 79.5 Å². The summed E-state index contributed by atoms with van der Waals surface area (Å²) in [5.41, 5.74) is 6.56. The number of hydrogen-bond acceptors (Lipinski definition) is 2. The van der Waals surface area contributed by atoms with Crippen molar-refractivity contribution < 1.29 is 5.11 Å². The van der Waals surface area contributed by atoms with Gasteiger partial charge in [0.15, 0.2) is 0 Å². The van der Waals surface area contributed by atoms with Crippen LogP contribution in [0.25, 0.3) is 0 Å². The maximum absolute atomic E-state index is 9.65. The minimum Gasteiger partial charge on any atom is -0.506 e. The zero-order valence-electron chi connectivity index (χ0n) is 6.55. The molecular formula is C9H10BrNO. The number of rotatable bonds is 1. The van der Waals surface area contributed by atoms with Gasteiger partial charge in [0.25, 0.3) is 0 Å². The Bertz CT molecular complexity index is 320.